The minimum Gasteiger partial charge on any atom is -0.457 e. The quantitative estimate of drug-likeness (QED) is 0.521. The average Bonchev–Trinajstić information content (AvgIpc) is 2.99. The van der Waals surface area contributed by atoms with Gasteiger partial charge >= 0.3 is 18.0 Å². The molecule has 170 valence electrons. The molecule has 2 N–H and O–H groups in total. The Labute approximate surface area is 181 Å². The van der Waals surface area contributed by atoms with Gasteiger partial charge in [-0.3, -0.25) is 10.5 Å². The van der Waals surface area contributed by atoms with Crippen LogP contribution in [0.4, 0.5) is 4.79 Å². The maximum Gasteiger partial charge on any atom is 0.418 e. The number of hydrogen-bond acceptors (Lipinski definition) is 8. The second-order valence-electron chi connectivity index (χ2n) is 7.93. The number of nitrogens with zero attached hydrogens (tertiary/aromatic N) is 1. The van der Waals surface area contributed by atoms with Crippen molar-refractivity contribution in [1.29, 1.82) is 0 Å². The second-order valence-corrected chi connectivity index (χ2v) is 7.93. The molecule has 0 spiro atoms. The summed E-state index contributed by atoms with van der Waals surface area (Å²) in [7, 11) is 1.23. The van der Waals surface area contributed by atoms with E-state index < -0.39 is 29.4 Å². The van der Waals surface area contributed by atoms with Gasteiger partial charge in [0.1, 0.15) is 5.60 Å². The largest absolute Gasteiger partial charge is 0.457 e. The maximum atomic E-state index is 12.9. The number of fused-ring (bicyclic) bond motifs is 1. The SMILES string of the molecule is CCOC(N)(Cc1c(OC(=O)CC)c2ccccc2n1C(=O)OC)C(=O)OC(C)(C)C. The zero-order chi connectivity index (χ0) is 23.4. The summed E-state index contributed by atoms with van der Waals surface area (Å²) in [5.41, 5.74) is 4.20. The average molecular weight is 434 g/mol. The number of ether oxygens (including phenoxy) is 4. The van der Waals surface area contributed by atoms with E-state index in [4.69, 9.17) is 24.7 Å². The Morgan fingerprint density at radius 3 is 2.29 bits per heavy atom. The normalized spacial score (nSPS) is 13.5. The summed E-state index contributed by atoms with van der Waals surface area (Å²) in [4.78, 5) is 37.7. The first-order chi connectivity index (χ1) is 14.5. The van der Waals surface area contributed by atoms with Crippen molar-refractivity contribution in [1.82, 2.24) is 4.57 Å². The van der Waals surface area contributed by atoms with Gasteiger partial charge in [-0.2, -0.15) is 0 Å². The Hall–Kier alpha value is -2.91. The summed E-state index contributed by atoms with van der Waals surface area (Å²) in [5, 5.41) is 0.493. The minimum absolute atomic E-state index is 0.109. The molecule has 0 saturated carbocycles. The number of para-hydroxylation sites is 1. The molecule has 1 aromatic carbocycles. The van der Waals surface area contributed by atoms with E-state index in [0.717, 1.165) is 0 Å². The Morgan fingerprint density at radius 1 is 1.10 bits per heavy atom. The molecule has 2 rings (SSSR count). The highest BCUT2D eigenvalue weighted by Gasteiger charge is 2.42. The summed E-state index contributed by atoms with van der Waals surface area (Å²) in [6.45, 7) is 8.55. The topological polar surface area (TPSA) is 119 Å². The molecule has 2 aromatic rings. The molecule has 1 atom stereocenters. The van der Waals surface area contributed by atoms with Crippen LogP contribution in [0.5, 0.6) is 5.75 Å². The van der Waals surface area contributed by atoms with E-state index in [0.29, 0.717) is 10.9 Å². The number of rotatable bonds is 7. The standard InChI is InChI=1S/C22H30N2O7/c1-7-17(25)30-18-14-11-9-10-12-15(14)24(20(27)28-6)16(18)13-22(23,29-8-2)19(26)31-21(3,4)5/h9-12H,7-8,13,23H2,1-6H3. The predicted molar refractivity (Wildman–Crippen MR) is 114 cm³/mol. The zero-order valence-electron chi connectivity index (χ0n) is 18.8. The lowest BCUT2D eigenvalue weighted by molar-refractivity contribution is -0.183. The molecule has 0 aliphatic carbocycles. The van der Waals surface area contributed by atoms with Gasteiger partial charge in [0.25, 0.3) is 0 Å². The third kappa shape index (κ3) is 5.42. The van der Waals surface area contributed by atoms with Crippen LogP contribution in [0.1, 0.15) is 46.7 Å². The van der Waals surface area contributed by atoms with Crippen molar-refractivity contribution in [3.63, 3.8) is 0 Å². The fraction of sp³-hybridized carbons (Fsp3) is 0.500. The van der Waals surface area contributed by atoms with Crippen LogP contribution >= 0.6 is 0 Å². The Morgan fingerprint density at radius 2 is 1.74 bits per heavy atom. The van der Waals surface area contributed by atoms with Crippen LogP contribution in [-0.2, 0) is 30.2 Å². The number of nitrogens with two attached hydrogens (primary N) is 1. The van der Waals surface area contributed by atoms with Crippen LogP contribution in [0.3, 0.4) is 0 Å². The highest BCUT2D eigenvalue weighted by molar-refractivity contribution is 5.97. The van der Waals surface area contributed by atoms with E-state index >= 15 is 0 Å². The monoisotopic (exact) mass is 434 g/mol. The van der Waals surface area contributed by atoms with Crippen molar-refractivity contribution >= 4 is 28.9 Å². The van der Waals surface area contributed by atoms with Gasteiger partial charge in [0.15, 0.2) is 5.75 Å². The van der Waals surface area contributed by atoms with Crippen LogP contribution < -0.4 is 10.5 Å². The molecule has 0 radical (unpaired) electrons. The van der Waals surface area contributed by atoms with Crippen LogP contribution in [0.25, 0.3) is 10.9 Å². The molecule has 31 heavy (non-hydrogen) atoms. The van der Waals surface area contributed by atoms with E-state index in [1.54, 1.807) is 58.9 Å². The lowest BCUT2D eigenvalue weighted by Gasteiger charge is -2.31. The smallest absolute Gasteiger partial charge is 0.418 e. The van der Waals surface area contributed by atoms with Crippen LogP contribution in [0.15, 0.2) is 24.3 Å². The first-order valence-corrected chi connectivity index (χ1v) is 10.0. The lowest BCUT2D eigenvalue weighted by atomic mass is 10.1. The van der Waals surface area contributed by atoms with Crippen molar-refractivity contribution in [3.05, 3.63) is 30.0 Å². The van der Waals surface area contributed by atoms with Gasteiger partial charge in [-0.1, -0.05) is 19.1 Å². The fourth-order valence-corrected chi connectivity index (χ4v) is 3.08. The molecule has 0 aliphatic rings. The zero-order valence-corrected chi connectivity index (χ0v) is 18.8. The first-order valence-electron chi connectivity index (χ1n) is 10.0. The van der Waals surface area contributed by atoms with Gasteiger partial charge in [0, 0.05) is 24.8 Å². The van der Waals surface area contributed by atoms with Gasteiger partial charge in [0.2, 0.25) is 5.72 Å². The number of hydrogen-bond donors (Lipinski definition) is 1. The first kappa shape index (κ1) is 24.4. The van der Waals surface area contributed by atoms with Gasteiger partial charge in [-0.05, 0) is 39.8 Å². The highest BCUT2D eigenvalue weighted by atomic mass is 16.6. The minimum atomic E-state index is -1.93. The van der Waals surface area contributed by atoms with E-state index in [1.807, 2.05) is 0 Å². The van der Waals surface area contributed by atoms with E-state index in [2.05, 4.69) is 0 Å². The Kier molecular flexibility index (Phi) is 7.45. The number of carbonyl (C=O) groups excluding carboxylic acids is 3. The molecule has 0 bridgehead atoms. The molecule has 1 unspecified atom stereocenters. The molecule has 1 aromatic heterocycles. The maximum absolute atomic E-state index is 12.9. The van der Waals surface area contributed by atoms with Crippen molar-refractivity contribution in [2.45, 2.75) is 58.8 Å². The Balaban J connectivity index is 2.72. The highest BCUT2D eigenvalue weighted by Crippen LogP contribution is 2.36. The van der Waals surface area contributed by atoms with Crippen molar-refractivity contribution in [3.8, 4) is 5.75 Å². The third-order valence-corrected chi connectivity index (χ3v) is 4.36. The van der Waals surface area contributed by atoms with Crippen molar-refractivity contribution < 1.29 is 33.3 Å². The summed E-state index contributed by atoms with van der Waals surface area (Å²) in [6.07, 6.45) is -0.915. The summed E-state index contributed by atoms with van der Waals surface area (Å²) >= 11 is 0. The summed E-state index contributed by atoms with van der Waals surface area (Å²) < 4.78 is 22.7. The molecule has 0 fully saturated rings. The predicted octanol–water partition coefficient (Wildman–Crippen LogP) is 3.15. The number of methoxy groups -OCH3 is 1. The van der Waals surface area contributed by atoms with Crippen LogP contribution in [-0.4, -0.2) is 47.6 Å². The molecular formula is C22H30N2O7. The Bertz CT molecular complexity index is 974. The van der Waals surface area contributed by atoms with Crippen LogP contribution in [0.2, 0.25) is 0 Å². The van der Waals surface area contributed by atoms with E-state index in [9.17, 15) is 14.4 Å². The van der Waals surface area contributed by atoms with E-state index in [1.165, 1.54) is 11.7 Å². The summed E-state index contributed by atoms with van der Waals surface area (Å²) in [6, 6.07) is 6.83. The fourth-order valence-electron chi connectivity index (χ4n) is 3.08. The van der Waals surface area contributed by atoms with Gasteiger partial charge in [-0.25, -0.2) is 14.2 Å². The van der Waals surface area contributed by atoms with E-state index in [-0.39, 0.29) is 30.9 Å². The molecule has 1 heterocycles. The van der Waals surface area contributed by atoms with Gasteiger partial charge in [-0.15, -0.1) is 0 Å². The number of esters is 2. The molecular weight excluding hydrogens is 404 g/mol. The lowest BCUT2D eigenvalue weighted by Crippen LogP contribution is -2.55. The molecule has 0 aliphatic heterocycles. The number of benzene rings is 1. The molecule has 0 amide bonds. The summed E-state index contributed by atoms with van der Waals surface area (Å²) in [5.74, 6) is -1.20. The van der Waals surface area contributed by atoms with Gasteiger partial charge in [0.05, 0.1) is 18.3 Å². The molecule has 9 heteroatoms. The van der Waals surface area contributed by atoms with Crippen molar-refractivity contribution in [2.75, 3.05) is 13.7 Å². The van der Waals surface area contributed by atoms with Crippen molar-refractivity contribution in [2.24, 2.45) is 5.73 Å². The van der Waals surface area contributed by atoms with Gasteiger partial charge < -0.3 is 18.9 Å². The second kappa shape index (κ2) is 9.49. The van der Waals surface area contributed by atoms with Crippen LogP contribution in [0, 0.1) is 0 Å². The molecule has 0 saturated heterocycles. The third-order valence-electron chi connectivity index (χ3n) is 4.36. The molecule has 9 nitrogen and oxygen atoms in total. The number of aromatic nitrogens is 1. The number of carbonyl (C=O) groups is 3.